The molecular formula is C32H32BrN3O4S. The highest BCUT2D eigenvalue weighted by Crippen LogP contribution is 2.27. The lowest BCUT2D eigenvalue weighted by Gasteiger charge is -2.34. The first-order chi connectivity index (χ1) is 19.7. The molecule has 0 saturated carbocycles. The number of anilines is 1. The zero-order valence-electron chi connectivity index (χ0n) is 22.9. The Kier molecular flexibility index (Phi) is 9.96. The minimum absolute atomic E-state index is 0.0719. The molecule has 1 atom stereocenters. The molecule has 0 saturated heterocycles. The van der Waals surface area contributed by atoms with E-state index in [2.05, 4.69) is 21.2 Å². The van der Waals surface area contributed by atoms with Crippen LogP contribution in [0.1, 0.15) is 16.7 Å². The monoisotopic (exact) mass is 633 g/mol. The molecule has 0 heterocycles. The second-order valence-electron chi connectivity index (χ2n) is 9.58. The van der Waals surface area contributed by atoms with Crippen LogP contribution in [-0.2, 0) is 32.6 Å². The molecule has 0 aliphatic rings. The summed E-state index contributed by atoms with van der Waals surface area (Å²) < 4.78 is 29.9. The van der Waals surface area contributed by atoms with Crippen molar-refractivity contribution in [3.8, 4) is 0 Å². The molecule has 0 aromatic heterocycles. The lowest BCUT2D eigenvalue weighted by atomic mass is 10.0. The molecule has 41 heavy (non-hydrogen) atoms. The second kappa shape index (κ2) is 13.6. The highest BCUT2D eigenvalue weighted by molar-refractivity contribution is 9.10. The van der Waals surface area contributed by atoms with Gasteiger partial charge in [-0.1, -0.05) is 94.8 Å². The Morgan fingerprint density at radius 1 is 0.805 bits per heavy atom. The number of amides is 2. The number of nitrogens with zero attached hydrogens (tertiary/aromatic N) is 2. The summed E-state index contributed by atoms with van der Waals surface area (Å²) in [6.07, 6.45) is 0.262. The summed E-state index contributed by atoms with van der Waals surface area (Å²) in [6.45, 7) is 1.43. The molecule has 4 rings (SSSR count). The largest absolute Gasteiger partial charge is 0.357 e. The third-order valence-corrected chi connectivity index (χ3v) is 9.08. The standard InChI is InChI=1S/C32H32BrN3O4S/c1-24-11-9-10-16-29(24)36(41(39,40)28-14-7-4-8-15-28)23-31(37)35(22-26-17-19-27(33)20-18-26)30(32(38)34-2)21-25-12-5-3-6-13-25/h3-20,30H,21-23H2,1-2H3,(H,34,38)/t30-/m1/s1. The van der Waals surface area contributed by atoms with E-state index < -0.39 is 28.5 Å². The van der Waals surface area contributed by atoms with Crippen molar-refractivity contribution in [2.45, 2.75) is 30.8 Å². The maximum absolute atomic E-state index is 14.3. The van der Waals surface area contributed by atoms with Crippen LogP contribution in [0.5, 0.6) is 0 Å². The molecule has 4 aromatic rings. The fraction of sp³-hybridized carbons (Fsp3) is 0.188. The van der Waals surface area contributed by atoms with Crippen LogP contribution in [0.15, 0.2) is 119 Å². The molecule has 0 aliphatic carbocycles. The van der Waals surface area contributed by atoms with Gasteiger partial charge in [0.05, 0.1) is 10.6 Å². The van der Waals surface area contributed by atoms with Gasteiger partial charge in [-0.2, -0.15) is 0 Å². The van der Waals surface area contributed by atoms with E-state index in [1.54, 1.807) is 43.3 Å². The molecule has 0 fully saturated rings. The number of sulfonamides is 1. The van der Waals surface area contributed by atoms with Crippen molar-refractivity contribution in [2.24, 2.45) is 0 Å². The van der Waals surface area contributed by atoms with Gasteiger partial charge in [-0.3, -0.25) is 13.9 Å². The van der Waals surface area contributed by atoms with Crippen molar-refractivity contribution in [1.82, 2.24) is 10.2 Å². The first-order valence-corrected chi connectivity index (χ1v) is 15.4. The quantitative estimate of drug-likeness (QED) is 0.242. The molecule has 0 unspecified atom stereocenters. The van der Waals surface area contributed by atoms with E-state index in [9.17, 15) is 18.0 Å². The molecule has 0 spiro atoms. The maximum atomic E-state index is 14.3. The Labute approximate surface area is 250 Å². The SMILES string of the molecule is CNC(=O)[C@@H](Cc1ccccc1)N(Cc1ccc(Br)cc1)C(=O)CN(c1ccccc1C)S(=O)(=O)c1ccccc1. The molecule has 0 bridgehead atoms. The van der Waals surface area contributed by atoms with E-state index >= 15 is 0 Å². The number of para-hydroxylation sites is 1. The van der Waals surface area contributed by atoms with Gasteiger partial charge in [0.25, 0.3) is 10.0 Å². The Morgan fingerprint density at radius 3 is 2.00 bits per heavy atom. The van der Waals surface area contributed by atoms with Gasteiger partial charge in [0.15, 0.2) is 0 Å². The Hall–Kier alpha value is -3.95. The zero-order valence-corrected chi connectivity index (χ0v) is 25.3. The minimum Gasteiger partial charge on any atom is -0.357 e. The van der Waals surface area contributed by atoms with Crippen LogP contribution < -0.4 is 9.62 Å². The van der Waals surface area contributed by atoms with E-state index in [-0.39, 0.29) is 23.8 Å². The minimum atomic E-state index is -4.11. The van der Waals surface area contributed by atoms with Crippen molar-refractivity contribution >= 4 is 43.5 Å². The molecule has 9 heteroatoms. The van der Waals surface area contributed by atoms with Crippen molar-refractivity contribution in [3.63, 3.8) is 0 Å². The fourth-order valence-electron chi connectivity index (χ4n) is 4.58. The topological polar surface area (TPSA) is 86.8 Å². The summed E-state index contributed by atoms with van der Waals surface area (Å²) in [4.78, 5) is 29.1. The Balaban J connectivity index is 1.78. The van der Waals surface area contributed by atoms with Crippen molar-refractivity contribution < 1.29 is 18.0 Å². The summed E-state index contributed by atoms with van der Waals surface area (Å²) in [5, 5.41) is 2.69. The highest BCUT2D eigenvalue weighted by atomic mass is 79.9. The van der Waals surface area contributed by atoms with Gasteiger partial charge in [-0.05, 0) is 53.9 Å². The smallest absolute Gasteiger partial charge is 0.264 e. The third-order valence-electron chi connectivity index (χ3n) is 6.78. The maximum Gasteiger partial charge on any atom is 0.264 e. The van der Waals surface area contributed by atoms with E-state index in [0.29, 0.717) is 11.3 Å². The Morgan fingerprint density at radius 2 is 1.39 bits per heavy atom. The summed E-state index contributed by atoms with van der Waals surface area (Å²) >= 11 is 3.44. The molecule has 2 amide bonds. The molecule has 1 N–H and O–H groups in total. The average Bonchev–Trinajstić information content (AvgIpc) is 2.99. The van der Waals surface area contributed by atoms with Crippen LogP contribution in [0.2, 0.25) is 0 Å². The van der Waals surface area contributed by atoms with Crippen LogP contribution in [0.25, 0.3) is 0 Å². The van der Waals surface area contributed by atoms with Gasteiger partial charge in [-0.25, -0.2) is 8.42 Å². The molecule has 0 radical (unpaired) electrons. The van der Waals surface area contributed by atoms with Gasteiger partial charge in [0, 0.05) is 24.5 Å². The normalized spacial score (nSPS) is 11.9. The number of rotatable bonds is 11. The van der Waals surface area contributed by atoms with Crippen LogP contribution in [-0.4, -0.2) is 44.8 Å². The average molecular weight is 635 g/mol. The molecule has 4 aromatic carbocycles. The lowest BCUT2D eigenvalue weighted by molar-refractivity contribution is -0.139. The number of benzene rings is 4. The third kappa shape index (κ3) is 7.42. The predicted octanol–water partition coefficient (Wildman–Crippen LogP) is 5.34. The van der Waals surface area contributed by atoms with Gasteiger partial charge in [0.2, 0.25) is 11.8 Å². The van der Waals surface area contributed by atoms with Crippen LogP contribution in [0.3, 0.4) is 0 Å². The number of carbonyl (C=O) groups excluding carboxylic acids is 2. The number of nitrogens with one attached hydrogen (secondary N) is 1. The second-order valence-corrected chi connectivity index (χ2v) is 12.4. The van der Waals surface area contributed by atoms with Gasteiger partial charge < -0.3 is 10.2 Å². The first-order valence-electron chi connectivity index (χ1n) is 13.1. The molecule has 0 aliphatic heterocycles. The highest BCUT2D eigenvalue weighted by Gasteiger charge is 2.34. The van der Waals surface area contributed by atoms with E-state index in [0.717, 1.165) is 19.9 Å². The summed E-state index contributed by atoms with van der Waals surface area (Å²) in [6, 6.07) is 31.1. The summed E-state index contributed by atoms with van der Waals surface area (Å²) in [7, 11) is -2.59. The Bertz CT molecular complexity index is 1580. The fourth-order valence-corrected chi connectivity index (χ4v) is 6.35. The van der Waals surface area contributed by atoms with Crippen LogP contribution in [0.4, 0.5) is 5.69 Å². The van der Waals surface area contributed by atoms with Crippen molar-refractivity contribution in [3.05, 3.63) is 130 Å². The van der Waals surface area contributed by atoms with Gasteiger partial charge in [-0.15, -0.1) is 0 Å². The van der Waals surface area contributed by atoms with E-state index in [1.165, 1.54) is 24.1 Å². The molecular weight excluding hydrogens is 602 g/mol. The molecule has 7 nitrogen and oxygen atoms in total. The summed E-state index contributed by atoms with van der Waals surface area (Å²) in [5.41, 5.74) is 2.78. The summed E-state index contributed by atoms with van der Waals surface area (Å²) in [5.74, 6) is -0.840. The first kappa shape index (κ1) is 30.0. The number of aryl methyl sites for hydroxylation is 1. The van der Waals surface area contributed by atoms with Crippen LogP contribution >= 0.6 is 15.9 Å². The number of likely N-dealkylation sites (N-methyl/N-ethyl adjacent to an activating group) is 1. The number of hydrogen-bond donors (Lipinski definition) is 1. The lowest BCUT2D eigenvalue weighted by Crippen LogP contribution is -2.53. The number of hydrogen-bond acceptors (Lipinski definition) is 4. The van der Waals surface area contributed by atoms with E-state index in [1.807, 2.05) is 60.7 Å². The number of carbonyl (C=O) groups is 2. The van der Waals surface area contributed by atoms with Gasteiger partial charge >= 0.3 is 0 Å². The number of halogens is 1. The van der Waals surface area contributed by atoms with Crippen molar-refractivity contribution in [1.29, 1.82) is 0 Å². The van der Waals surface area contributed by atoms with E-state index in [4.69, 9.17) is 0 Å². The van der Waals surface area contributed by atoms with Crippen LogP contribution in [0, 0.1) is 6.92 Å². The molecule has 212 valence electrons. The predicted molar refractivity (Wildman–Crippen MR) is 165 cm³/mol. The van der Waals surface area contributed by atoms with Gasteiger partial charge in [0.1, 0.15) is 12.6 Å². The van der Waals surface area contributed by atoms with Crippen molar-refractivity contribution in [2.75, 3.05) is 17.9 Å². The zero-order chi connectivity index (χ0) is 29.4.